The van der Waals surface area contributed by atoms with Gasteiger partial charge in [0.05, 0.1) is 12.7 Å². The van der Waals surface area contributed by atoms with E-state index in [1.54, 1.807) is 0 Å². The fourth-order valence-electron chi connectivity index (χ4n) is 0.778. The molecule has 0 bridgehead atoms. The van der Waals surface area contributed by atoms with E-state index in [1.165, 1.54) is 0 Å². The van der Waals surface area contributed by atoms with Crippen LogP contribution in [0.25, 0.3) is 0 Å². The van der Waals surface area contributed by atoms with Crippen LogP contribution in [-0.4, -0.2) is 0 Å². The van der Waals surface area contributed by atoms with Gasteiger partial charge in [-0.25, -0.2) is 4.57 Å². The lowest BCUT2D eigenvalue weighted by Gasteiger charge is -1.95. The Balaban J connectivity index is 3.01. The van der Waals surface area contributed by atoms with E-state index >= 15 is 0 Å². The summed E-state index contributed by atoms with van der Waals surface area (Å²) in [6, 6.07) is 5.80. The normalized spacial score (nSPS) is 9.44. The van der Waals surface area contributed by atoms with Gasteiger partial charge >= 0.3 is 0 Å². The first-order chi connectivity index (χ1) is 4.34. The highest BCUT2D eigenvalue weighted by molar-refractivity contribution is 5.18. The molecule has 0 fully saturated rings. The highest BCUT2D eigenvalue weighted by Crippen LogP contribution is 1.88. The molecule has 0 aromatic carbocycles. The Morgan fingerprint density at radius 3 is 2.78 bits per heavy atom. The molecule has 1 heterocycles. The van der Waals surface area contributed by atoms with Gasteiger partial charge in [-0.2, -0.15) is 0 Å². The molecular formula is C7H11N2+. The van der Waals surface area contributed by atoms with Crippen LogP contribution in [0.3, 0.4) is 0 Å². The lowest BCUT2D eigenvalue weighted by molar-refractivity contribution is -0.679. The zero-order chi connectivity index (χ0) is 6.69. The molecular weight excluding hydrogens is 112 g/mol. The number of pyridine rings is 1. The average molecular weight is 123 g/mol. The number of anilines is 1. The molecule has 0 spiro atoms. The Labute approximate surface area is 54.9 Å². The summed E-state index contributed by atoms with van der Waals surface area (Å²) in [6.07, 6.45) is 1.97. The number of nitrogens with two attached hydrogens (primary N) is 1. The van der Waals surface area contributed by atoms with Crippen LogP contribution in [-0.2, 0) is 6.54 Å². The van der Waals surface area contributed by atoms with Crippen LogP contribution in [0.4, 0.5) is 5.82 Å². The molecule has 9 heavy (non-hydrogen) atoms. The largest absolute Gasteiger partial charge is 0.287 e. The molecule has 0 amide bonds. The topological polar surface area (TPSA) is 29.9 Å². The minimum atomic E-state index is 0.819. The van der Waals surface area contributed by atoms with Gasteiger partial charge < -0.3 is 0 Å². The first-order valence-corrected chi connectivity index (χ1v) is 3.08. The monoisotopic (exact) mass is 123 g/mol. The second kappa shape index (κ2) is 2.49. The molecule has 0 saturated heterocycles. The van der Waals surface area contributed by atoms with Crippen molar-refractivity contribution in [3.63, 3.8) is 0 Å². The number of rotatable bonds is 1. The summed E-state index contributed by atoms with van der Waals surface area (Å²) < 4.78 is 1.99. The van der Waals surface area contributed by atoms with Crippen molar-refractivity contribution in [2.24, 2.45) is 0 Å². The van der Waals surface area contributed by atoms with Crippen LogP contribution in [0.15, 0.2) is 24.4 Å². The van der Waals surface area contributed by atoms with Gasteiger partial charge in [-0.1, -0.05) is 6.07 Å². The maximum absolute atomic E-state index is 5.59. The van der Waals surface area contributed by atoms with Crippen molar-refractivity contribution in [3.8, 4) is 0 Å². The van der Waals surface area contributed by atoms with Crippen LogP contribution in [0.5, 0.6) is 0 Å². The number of aromatic nitrogens is 1. The lowest BCUT2D eigenvalue weighted by atomic mass is 10.4. The molecule has 2 N–H and O–H groups in total. The Kier molecular flexibility index (Phi) is 1.68. The first kappa shape index (κ1) is 6.08. The second-order valence-electron chi connectivity index (χ2n) is 1.91. The van der Waals surface area contributed by atoms with E-state index in [0.29, 0.717) is 0 Å². The van der Waals surface area contributed by atoms with Crippen molar-refractivity contribution in [2.75, 3.05) is 5.73 Å². The van der Waals surface area contributed by atoms with Crippen LogP contribution in [0, 0.1) is 0 Å². The SMILES string of the molecule is CC[n+]1ccccc1N. The highest BCUT2D eigenvalue weighted by Gasteiger charge is 1.95. The smallest absolute Gasteiger partial charge is 0.272 e. The third-order valence-corrected chi connectivity index (χ3v) is 1.32. The number of nitrogen functional groups attached to an aromatic ring is 1. The Hall–Kier alpha value is -1.05. The first-order valence-electron chi connectivity index (χ1n) is 3.08. The third-order valence-electron chi connectivity index (χ3n) is 1.32. The minimum absolute atomic E-state index is 0.819. The maximum atomic E-state index is 5.59. The Morgan fingerprint density at radius 2 is 2.33 bits per heavy atom. The molecule has 2 heteroatoms. The summed E-state index contributed by atoms with van der Waals surface area (Å²) in [7, 11) is 0. The molecule has 0 unspecified atom stereocenters. The van der Waals surface area contributed by atoms with Crippen LogP contribution in [0.2, 0.25) is 0 Å². The Bertz CT molecular complexity index is 196. The van der Waals surface area contributed by atoms with Gasteiger partial charge in [0.1, 0.15) is 0 Å². The van der Waals surface area contributed by atoms with E-state index in [2.05, 4.69) is 6.92 Å². The van der Waals surface area contributed by atoms with Gasteiger partial charge in [0.15, 0.2) is 0 Å². The molecule has 0 aliphatic heterocycles. The standard InChI is InChI=1S/C7H10N2/c1-2-9-6-4-3-5-7(9)8/h3-6,8H,2H2,1H3/p+1. The predicted octanol–water partition coefficient (Wildman–Crippen LogP) is 0.576. The van der Waals surface area contributed by atoms with Gasteiger partial charge in [0, 0.05) is 6.07 Å². The number of aryl methyl sites for hydroxylation is 1. The predicted molar refractivity (Wildman–Crippen MR) is 36.7 cm³/mol. The van der Waals surface area contributed by atoms with Crippen molar-refractivity contribution >= 4 is 5.82 Å². The average Bonchev–Trinajstić information content (AvgIpc) is 1.89. The summed E-state index contributed by atoms with van der Waals surface area (Å²) in [5.41, 5.74) is 5.59. The van der Waals surface area contributed by atoms with Gasteiger partial charge in [0.2, 0.25) is 0 Å². The molecule has 1 aromatic heterocycles. The molecule has 48 valence electrons. The molecule has 0 saturated carbocycles. The molecule has 2 nitrogen and oxygen atoms in total. The van der Waals surface area contributed by atoms with Crippen LogP contribution >= 0.6 is 0 Å². The fraction of sp³-hybridized carbons (Fsp3) is 0.286. The zero-order valence-electron chi connectivity index (χ0n) is 5.54. The van der Waals surface area contributed by atoms with Crippen molar-refractivity contribution in [2.45, 2.75) is 13.5 Å². The molecule has 1 aromatic rings. The van der Waals surface area contributed by atoms with Crippen LogP contribution in [0.1, 0.15) is 6.92 Å². The van der Waals surface area contributed by atoms with E-state index < -0.39 is 0 Å². The Morgan fingerprint density at radius 1 is 1.56 bits per heavy atom. The molecule has 0 radical (unpaired) electrons. The number of nitrogens with zero attached hydrogens (tertiary/aromatic N) is 1. The van der Waals surface area contributed by atoms with Crippen molar-refractivity contribution in [1.82, 2.24) is 0 Å². The van der Waals surface area contributed by atoms with Crippen LogP contribution < -0.4 is 10.3 Å². The number of hydrogen-bond acceptors (Lipinski definition) is 1. The van der Waals surface area contributed by atoms with E-state index in [-0.39, 0.29) is 0 Å². The van der Waals surface area contributed by atoms with Gasteiger partial charge in [-0.15, -0.1) is 0 Å². The van der Waals surface area contributed by atoms with Gasteiger partial charge in [0.25, 0.3) is 5.82 Å². The molecule has 0 atom stereocenters. The fourth-order valence-corrected chi connectivity index (χ4v) is 0.778. The lowest BCUT2D eigenvalue weighted by Crippen LogP contribution is -2.34. The maximum Gasteiger partial charge on any atom is 0.272 e. The minimum Gasteiger partial charge on any atom is -0.287 e. The molecule has 0 aliphatic rings. The third kappa shape index (κ3) is 1.19. The van der Waals surface area contributed by atoms with Gasteiger partial charge in [-0.05, 0) is 13.0 Å². The summed E-state index contributed by atoms with van der Waals surface area (Å²) in [5, 5.41) is 0. The van der Waals surface area contributed by atoms with Crippen molar-refractivity contribution in [3.05, 3.63) is 24.4 Å². The molecule has 0 aliphatic carbocycles. The summed E-state index contributed by atoms with van der Waals surface area (Å²) in [4.78, 5) is 0. The zero-order valence-corrected chi connectivity index (χ0v) is 5.54. The summed E-state index contributed by atoms with van der Waals surface area (Å²) in [6.45, 7) is 3.00. The number of hydrogen-bond donors (Lipinski definition) is 1. The van der Waals surface area contributed by atoms with Crippen molar-refractivity contribution < 1.29 is 4.57 Å². The summed E-state index contributed by atoms with van der Waals surface area (Å²) in [5.74, 6) is 0.819. The second-order valence-corrected chi connectivity index (χ2v) is 1.91. The van der Waals surface area contributed by atoms with E-state index in [0.717, 1.165) is 12.4 Å². The highest BCUT2D eigenvalue weighted by atomic mass is 15.0. The summed E-state index contributed by atoms with van der Waals surface area (Å²) >= 11 is 0. The van der Waals surface area contributed by atoms with Crippen molar-refractivity contribution in [1.29, 1.82) is 0 Å². The van der Waals surface area contributed by atoms with E-state index in [9.17, 15) is 0 Å². The molecule has 1 rings (SSSR count). The van der Waals surface area contributed by atoms with E-state index in [4.69, 9.17) is 5.73 Å². The quantitative estimate of drug-likeness (QED) is 0.544. The van der Waals surface area contributed by atoms with E-state index in [1.807, 2.05) is 29.0 Å². The van der Waals surface area contributed by atoms with Gasteiger partial charge in [-0.3, -0.25) is 5.73 Å².